The summed E-state index contributed by atoms with van der Waals surface area (Å²) < 4.78 is 0. The Bertz CT molecular complexity index is 250. The maximum atomic E-state index is 12.1. The molecule has 2 atom stereocenters. The van der Waals surface area contributed by atoms with Gasteiger partial charge in [-0.25, -0.2) is 0 Å². The molecule has 16 heavy (non-hydrogen) atoms. The van der Waals surface area contributed by atoms with Gasteiger partial charge in [-0.1, -0.05) is 19.8 Å². The summed E-state index contributed by atoms with van der Waals surface area (Å²) in [6, 6.07) is 0.607. The number of rotatable bonds is 3. The summed E-state index contributed by atoms with van der Waals surface area (Å²) in [6.07, 6.45) is 5.79. The van der Waals surface area contributed by atoms with Crippen molar-refractivity contribution >= 4 is 5.91 Å². The highest BCUT2D eigenvalue weighted by atomic mass is 16.2. The molecule has 1 N–H and O–H groups in total. The van der Waals surface area contributed by atoms with Crippen molar-refractivity contribution in [3.05, 3.63) is 0 Å². The second-order valence-corrected chi connectivity index (χ2v) is 5.26. The highest BCUT2D eigenvalue weighted by Gasteiger charge is 2.34. The minimum Gasteiger partial charge on any atom is -0.342 e. The molecule has 2 unspecified atom stereocenters. The van der Waals surface area contributed by atoms with E-state index in [-0.39, 0.29) is 0 Å². The lowest BCUT2D eigenvalue weighted by atomic mass is 9.82. The second-order valence-electron chi connectivity index (χ2n) is 5.26. The third-order valence-corrected chi connectivity index (χ3v) is 4.40. The molecular weight excluding hydrogens is 200 g/mol. The fourth-order valence-corrected chi connectivity index (χ4v) is 2.94. The summed E-state index contributed by atoms with van der Waals surface area (Å²) in [5.74, 6) is 1.44. The van der Waals surface area contributed by atoms with Crippen molar-refractivity contribution in [1.29, 1.82) is 0 Å². The van der Waals surface area contributed by atoms with E-state index in [1.165, 1.54) is 12.8 Å². The summed E-state index contributed by atoms with van der Waals surface area (Å²) >= 11 is 0. The Morgan fingerprint density at radius 2 is 2.12 bits per heavy atom. The van der Waals surface area contributed by atoms with Crippen molar-refractivity contribution in [3.63, 3.8) is 0 Å². The average Bonchev–Trinajstić information content (AvgIpc) is 2.25. The van der Waals surface area contributed by atoms with Gasteiger partial charge in [0, 0.05) is 25.0 Å². The van der Waals surface area contributed by atoms with Gasteiger partial charge >= 0.3 is 0 Å². The van der Waals surface area contributed by atoms with Crippen LogP contribution in [0.3, 0.4) is 0 Å². The van der Waals surface area contributed by atoms with E-state index < -0.39 is 0 Å². The fourth-order valence-electron chi connectivity index (χ4n) is 2.94. The van der Waals surface area contributed by atoms with Crippen LogP contribution in [0.5, 0.6) is 0 Å². The lowest BCUT2D eigenvalue weighted by Gasteiger charge is -2.41. The average molecular weight is 224 g/mol. The van der Waals surface area contributed by atoms with Crippen molar-refractivity contribution in [2.75, 3.05) is 20.1 Å². The summed E-state index contributed by atoms with van der Waals surface area (Å²) in [5, 5.41) is 3.38. The van der Waals surface area contributed by atoms with Gasteiger partial charge in [-0.2, -0.15) is 0 Å². The zero-order valence-corrected chi connectivity index (χ0v) is 10.5. The summed E-state index contributed by atoms with van der Waals surface area (Å²) in [7, 11) is 2.04. The molecule has 3 heteroatoms. The zero-order chi connectivity index (χ0) is 11.5. The summed E-state index contributed by atoms with van der Waals surface area (Å²) in [6.45, 7) is 4.15. The first-order chi connectivity index (χ1) is 7.76. The largest absolute Gasteiger partial charge is 0.342 e. The molecule has 92 valence electrons. The number of carbonyl (C=O) groups excluding carboxylic acids is 1. The molecule has 0 aromatic carbocycles. The highest BCUT2D eigenvalue weighted by Crippen LogP contribution is 2.30. The Morgan fingerprint density at radius 1 is 1.38 bits per heavy atom. The van der Waals surface area contributed by atoms with Crippen molar-refractivity contribution in [1.82, 2.24) is 10.2 Å². The maximum absolute atomic E-state index is 12.1. The van der Waals surface area contributed by atoms with Crippen molar-refractivity contribution in [3.8, 4) is 0 Å². The van der Waals surface area contributed by atoms with Gasteiger partial charge in [0.1, 0.15) is 0 Å². The molecule has 1 heterocycles. The first-order valence-corrected chi connectivity index (χ1v) is 6.72. The molecule has 3 nitrogen and oxygen atoms in total. The molecule has 1 saturated heterocycles. The quantitative estimate of drug-likeness (QED) is 0.790. The van der Waals surface area contributed by atoms with E-state index in [1.54, 1.807) is 0 Å². The van der Waals surface area contributed by atoms with Gasteiger partial charge in [-0.15, -0.1) is 0 Å². The van der Waals surface area contributed by atoms with E-state index in [1.807, 2.05) is 7.05 Å². The van der Waals surface area contributed by atoms with Crippen LogP contribution < -0.4 is 5.32 Å². The molecule has 0 aromatic heterocycles. The van der Waals surface area contributed by atoms with Crippen LogP contribution in [0.15, 0.2) is 0 Å². The Kier molecular flexibility index (Phi) is 3.85. The van der Waals surface area contributed by atoms with Crippen molar-refractivity contribution in [2.45, 2.75) is 45.1 Å². The summed E-state index contributed by atoms with van der Waals surface area (Å²) in [4.78, 5) is 14.3. The standard InChI is InChI=1S/C13H24N2O/c1-3-10-9-15(8-7-12(10)14-2)13(16)11-5-4-6-11/h10-12,14H,3-9H2,1-2H3. The molecule has 1 amide bonds. The molecule has 0 aromatic rings. The predicted molar refractivity (Wildman–Crippen MR) is 65.2 cm³/mol. The highest BCUT2D eigenvalue weighted by molar-refractivity contribution is 5.79. The van der Waals surface area contributed by atoms with Gasteiger partial charge in [0.15, 0.2) is 0 Å². The van der Waals surface area contributed by atoms with Crippen LogP contribution in [0.2, 0.25) is 0 Å². The molecule has 1 aliphatic carbocycles. The lowest BCUT2D eigenvalue weighted by Crippen LogP contribution is -2.52. The fraction of sp³-hybridized carbons (Fsp3) is 0.923. The van der Waals surface area contributed by atoms with E-state index in [4.69, 9.17) is 0 Å². The number of likely N-dealkylation sites (tertiary alicyclic amines) is 1. The second kappa shape index (κ2) is 5.17. The monoisotopic (exact) mass is 224 g/mol. The molecule has 1 saturated carbocycles. The predicted octanol–water partition coefficient (Wildman–Crippen LogP) is 1.63. The van der Waals surface area contributed by atoms with E-state index >= 15 is 0 Å². The maximum Gasteiger partial charge on any atom is 0.225 e. The van der Waals surface area contributed by atoms with E-state index in [0.717, 1.165) is 32.4 Å². The first-order valence-electron chi connectivity index (χ1n) is 6.72. The molecule has 0 radical (unpaired) electrons. The van der Waals surface area contributed by atoms with Gasteiger partial charge < -0.3 is 10.2 Å². The first kappa shape index (κ1) is 11.9. The number of piperidine rings is 1. The van der Waals surface area contributed by atoms with Gasteiger partial charge in [0.2, 0.25) is 5.91 Å². The number of carbonyl (C=O) groups is 1. The third kappa shape index (κ3) is 2.24. The molecule has 2 fully saturated rings. The van der Waals surface area contributed by atoms with Crippen molar-refractivity contribution in [2.24, 2.45) is 11.8 Å². The zero-order valence-electron chi connectivity index (χ0n) is 10.5. The molecule has 0 spiro atoms. The van der Waals surface area contributed by atoms with Gasteiger partial charge in [0.25, 0.3) is 0 Å². The van der Waals surface area contributed by atoms with Gasteiger partial charge in [-0.3, -0.25) is 4.79 Å². The van der Waals surface area contributed by atoms with Crippen LogP contribution in [-0.2, 0) is 4.79 Å². The van der Waals surface area contributed by atoms with E-state index in [0.29, 0.717) is 23.8 Å². The number of amides is 1. The van der Waals surface area contributed by atoms with Crippen LogP contribution in [-0.4, -0.2) is 37.0 Å². The normalized spacial score (nSPS) is 31.2. The smallest absolute Gasteiger partial charge is 0.225 e. The molecular formula is C13H24N2O. The Hall–Kier alpha value is -0.570. The molecule has 0 bridgehead atoms. The third-order valence-electron chi connectivity index (χ3n) is 4.40. The Balaban J connectivity index is 1.90. The number of hydrogen-bond acceptors (Lipinski definition) is 2. The van der Waals surface area contributed by atoms with Crippen LogP contribution in [0, 0.1) is 11.8 Å². The van der Waals surface area contributed by atoms with Gasteiger partial charge in [0.05, 0.1) is 0 Å². The SMILES string of the molecule is CCC1CN(C(=O)C2CCC2)CCC1NC. The van der Waals surface area contributed by atoms with Crippen molar-refractivity contribution < 1.29 is 4.79 Å². The number of nitrogens with zero attached hydrogens (tertiary/aromatic N) is 1. The Labute approximate surface area is 98.6 Å². The summed E-state index contributed by atoms with van der Waals surface area (Å²) in [5.41, 5.74) is 0. The topological polar surface area (TPSA) is 32.3 Å². The van der Waals surface area contributed by atoms with E-state index in [2.05, 4.69) is 17.1 Å². The van der Waals surface area contributed by atoms with Crippen LogP contribution in [0.25, 0.3) is 0 Å². The van der Waals surface area contributed by atoms with Gasteiger partial charge in [-0.05, 0) is 32.2 Å². The lowest BCUT2D eigenvalue weighted by molar-refractivity contribution is -0.140. The molecule has 2 aliphatic rings. The van der Waals surface area contributed by atoms with Crippen LogP contribution in [0.1, 0.15) is 39.0 Å². The molecule has 1 aliphatic heterocycles. The minimum atomic E-state index is 0.364. The van der Waals surface area contributed by atoms with Crippen LogP contribution in [0.4, 0.5) is 0 Å². The van der Waals surface area contributed by atoms with Crippen LogP contribution >= 0.6 is 0 Å². The Morgan fingerprint density at radius 3 is 2.62 bits per heavy atom. The number of hydrogen-bond donors (Lipinski definition) is 1. The van der Waals surface area contributed by atoms with E-state index in [9.17, 15) is 4.79 Å². The number of nitrogens with one attached hydrogen (secondary N) is 1. The minimum absolute atomic E-state index is 0.364. The molecule has 2 rings (SSSR count).